The molecule has 2 amide bonds. The molecule has 1 atom stereocenters. The van der Waals surface area contributed by atoms with Crippen LogP contribution in [0.15, 0.2) is 85.6 Å². The van der Waals surface area contributed by atoms with E-state index in [1.165, 1.54) is 0 Å². The summed E-state index contributed by atoms with van der Waals surface area (Å²) in [6, 6.07) is 8.49. The van der Waals surface area contributed by atoms with Gasteiger partial charge in [0.1, 0.15) is 11.9 Å². The number of nitrogens with zero attached hydrogens (tertiary/aromatic N) is 9. The fourth-order valence-electron chi connectivity index (χ4n) is 5.87. The largest absolute Gasteiger partial charge is 0.353 e. The summed E-state index contributed by atoms with van der Waals surface area (Å²) in [5.41, 5.74) is 6.04. The number of hydrogen-bond acceptors (Lipinski definition) is 6. The number of aromatic nitrogens is 5. The van der Waals surface area contributed by atoms with Crippen molar-refractivity contribution in [2.75, 3.05) is 44.2 Å². The Balaban J connectivity index is 1.13. The van der Waals surface area contributed by atoms with Crippen LogP contribution in [0.2, 0.25) is 0 Å². The molecular formula is C33H35N9O. The standard InChI is InChI=1S/C33H35N9O/c1-4-5-6-7-24(2)26-10-11-41(22-26)33(43)40-14-12-39(13-15-40)31-9-8-25(18-35-31)30-16-27(29-20-36-38(3)21-29)23-42-32(30)28(17-34)19-37-42/h4-9,16,18-21,23,26H,2,10-15,22H2,1,3H3/b5-4-,7-6-/t26-/m0/s1. The summed E-state index contributed by atoms with van der Waals surface area (Å²) < 4.78 is 3.51. The first-order chi connectivity index (χ1) is 20.9. The number of carbonyl (C=O) groups excluding carboxylic acids is 1. The molecule has 0 bridgehead atoms. The highest BCUT2D eigenvalue weighted by atomic mass is 16.2. The van der Waals surface area contributed by atoms with Crippen LogP contribution in [0.4, 0.5) is 10.6 Å². The van der Waals surface area contributed by atoms with Gasteiger partial charge in [0.2, 0.25) is 0 Å². The Bertz CT molecular complexity index is 1750. The first-order valence-electron chi connectivity index (χ1n) is 14.6. The van der Waals surface area contributed by atoms with Gasteiger partial charge in [-0.05, 0) is 31.5 Å². The van der Waals surface area contributed by atoms with Crippen molar-refractivity contribution in [3.8, 4) is 28.3 Å². The van der Waals surface area contributed by atoms with Crippen molar-refractivity contribution < 1.29 is 4.79 Å². The van der Waals surface area contributed by atoms with Crippen molar-refractivity contribution in [3.63, 3.8) is 0 Å². The lowest BCUT2D eigenvalue weighted by Crippen LogP contribution is -2.52. The van der Waals surface area contributed by atoms with Gasteiger partial charge in [-0.15, -0.1) is 0 Å². The molecule has 6 rings (SSSR count). The molecule has 10 heteroatoms. The van der Waals surface area contributed by atoms with Gasteiger partial charge in [-0.2, -0.15) is 15.5 Å². The molecule has 43 heavy (non-hydrogen) atoms. The molecular weight excluding hydrogens is 538 g/mol. The molecule has 4 aromatic heterocycles. The maximum atomic E-state index is 13.3. The number of carbonyl (C=O) groups is 1. The number of hydrogen-bond donors (Lipinski definition) is 0. The number of fused-ring (bicyclic) bond motifs is 1. The number of pyridine rings is 2. The van der Waals surface area contributed by atoms with E-state index < -0.39 is 0 Å². The number of nitriles is 1. The molecule has 0 radical (unpaired) electrons. The maximum Gasteiger partial charge on any atom is 0.320 e. The average molecular weight is 574 g/mol. The molecule has 0 unspecified atom stereocenters. The number of allylic oxidation sites excluding steroid dienone is 4. The number of rotatable bonds is 6. The third-order valence-electron chi connectivity index (χ3n) is 8.30. The second kappa shape index (κ2) is 12.0. The molecule has 10 nitrogen and oxygen atoms in total. The zero-order valence-electron chi connectivity index (χ0n) is 24.6. The van der Waals surface area contributed by atoms with Crippen molar-refractivity contribution in [1.82, 2.24) is 34.2 Å². The number of likely N-dealkylation sites (tertiary alicyclic amines) is 1. The molecule has 0 saturated carbocycles. The normalized spacial score (nSPS) is 17.4. The Labute approximate surface area is 251 Å². The minimum absolute atomic E-state index is 0.113. The maximum absolute atomic E-state index is 13.3. The third-order valence-corrected chi connectivity index (χ3v) is 8.30. The van der Waals surface area contributed by atoms with E-state index in [2.05, 4.69) is 33.8 Å². The smallest absolute Gasteiger partial charge is 0.320 e. The molecule has 2 aliphatic heterocycles. The quantitative estimate of drug-likeness (QED) is 0.304. The lowest BCUT2D eigenvalue weighted by Gasteiger charge is -2.37. The Morgan fingerprint density at radius 3 is 2.53 bits per heavy atom. The van der Waals surface area contributed by atoms with Gasteiger partial charge < -0.3 is 14.7 Å². The summed E-state index contributed by atoms with van der Waals surface area (Å²) in [5, 5.41) is 18.5. The van der Waals surface area contributed by atoms with Crippen molar-refractivity contribution in [2.45, 2.75) is 13.3 Å². The van der Waals surface area contributed by atoms with E-state index in [1.807, 2.05) is 85.0 Å². The average Bonchev–Trinajstić information content (AvgIpc) is 3.80. The van der Waals surface area contributed by atoms with Crippen molar-refractivity contribution >= 4 is 17.4 Å². The summed E-state index contributed by atoms with van der Waals surface area (Å²) in [7, 11) is 1.88. The Morgan fingerprint density at radius 2 is 1.84 bits per heavy atom. The Hall–Kier alpha value is -5.17. The van der Waals surface area contributed by atoms with E-state index in [0.717, 1.165) is 71.8 Å². The van der Waals surface area contributed by atoms with E-state index in [9.17, 15) is 10.1 Å². The summed E-state index contributed by atoms with van der Waals surface area (Å²) in [6.07, 6.45) is 18.1. The van der Waals surface area contributed by atoms with Crippen molar-refractivity contribution in [2.24, 2.45) is 13.0 Å². The minimum atomic E-state index is 0.113. The zero-order chi connectivity index (χ0) is 29.9. The van der Waals surface area contributed by atoms with Crippen LogP contribution in [-0.4, -0.2) is 79.5 Å². The topological polar surface area (TPSA) is 98.6 Å². The molecule has 0 aliphatic carbocycles. The lowest BCUT2D eigenvalue weighted by molar-refractivity contribution is 0.158. The van der Waals surface area contributed by atoms with E-state index >= 15 is 0 Å². The summed E-state index contributed by atoms with van der Waals surface area (Å²) >= 11 is 0. The molecule has 218 valence electrons. The minimum Gasteiger partial charge on any atom is -0.353 e. The van der Waals surface area contributed by atoms with Gasteiger partial charge in [-0.3, -0.25) is 4.68 Å². The highest BCUT2D eigenvalue weighted by Gasteiger charge is 2.31. The molecule has 2 fully saturated rings. The monoisotopic (exact) mass is 573 g/mol. The molecule has 4 aromatic rings. The van der Waals surface area contributed by atoms with Crippen LogP contribution in [0.3, 0.4) is 0 Å². The number of amides is 2. The van der Waals surface area contributed by atoms with Crippen LogP contribution in [0.5, 0.6) is 0 Å². The van der Waals surface area contributed by atoms with Gasteiger partial charge in [0.15, 0.2) is 0 Å². The number of anilines is 1. The van der Waals surface area contributed by atoms with E-state index in [0.29, 0.717) is 24.6 Å². The van der Waals surface area contributed by atoms with Gasteiger partial charge in [0.25, 0.3) is 0 Å². The van der Waals surface area contributed by atoms with Gasteiger partial charge in [0, 0.05) is 93.1 Å². The highest BCUT2D eigenvalue weighted by Crippen LogP contribution is 2.32. The first kappa shape index (κ1) is 28.0. The van der Waals surface area contributed by atoms with Crippen molar-refractivity contribution in [3.05, 3.63) is 91.2 Å². The van der Waals surface area contributed by atoms with Crippen molar-refractivity contribution in [1.29, 1.82) is 5.26 Å². The molecule has 0 spiro atoms. The van der Waals surface area contributed by atoms with Crippen LogP contribution < -0.4 is 4.90 Å². The summed E-state index contributed by atoms with van der Waals surface area (Å²) in [5.74, 6) is 1.18. The molecule has 0 aromatic carbocycles. The number of aryl methyl sites for hydroxylation is 1. The van der Waals surface area contributed by atoms with Crippen LogP contribution in [0.1, 0.15) is 18.9 Å². The summed E-state index contributed by atoms with van der Waals surface area (Å²) in [4.78, 5) is 24.2. The highest BCUT2D eigenvalue weighted by molar-refractivity contribution is 5.87. The Kier molecular flexibility index (Phi) is 7.79. The van der Waals surface area contributed by atoms with E-state index in [4.69, 9.17) is 4.98 Å². The fraction of sp³-hybridized carbons (Fsp3) is 0.303. The molecule has 6 heterocycles. The van der Waals surface area contributed by atoms with Crippen LogP contribution >= 0.6 is 0 Å². The van der Waals surface area contributed by atoms with Crippen LogP contribution in [0, 0.1) is 17.2 Å². The molecule has 0 N–H and O–H groups in total. The Morgan fingerprint density at radius 1 is 1.00 bits per heavy atom. The fourth-order valence-corrected chi connectivity index (χ4v) is 5.87. The van der Waals surface area contributed by atoms with E-state index in [-0.39, 0.29) is 6.03 Å². The lowest BCUT2D eigenvalue weighted by atomic mass is 9.99. The zero-order valence-corrected chi connectivity index (χ0v) is 24.6. The number of piperazine rings is 1. The predicted molar refractivity (Wildman–Crippen MR) is 167 cm³/mol. The van der Waals surface area contributed by atoms with Gasteiger partial charge in [-0.25, -0.2) is 14.3 Å². The van der Waals surface area contributed by atoms with Gasteiger partial charge in [0.05, 0.1) is 23.5 Å². The second-order valence-electron chi connectivity index (χ2n) is 11.1. The SMILES string of the molecule is C=C(/C=C\C=C/C)[C@H]1CCN(C(=O)N2CCN(c3ccc(-c4cc(-c5cnn(C)c5)cn5ncc(C#N)c45)cn3)CC2)C1. The second-order valence-corrected chi connectivity index (χ2v) is 11.1. The predicted octanol–water partition coefficient (Wildman–Crippen LogP) is 4.92. The van der Waals surface area contributed by atoms with E-state index in [1.54, 1.807) is 15.4 Å². The first-order valence-corrected chi connectivity index (χ1v) is 14.6. The number of urea groups is 1. The molecule has 2 aliphatic rings. The summed E-state index contributed by atoms with van der Waals surface area (Å²) in [6.45, 7) is 10.4. The van der Waals surface area contributed by atoms with Crippen LogP contribution in [-0.2, 0) is 7.05 Å². The van der Waals surface area contributed by atoms with Gasteiger partial charge in [-0.1, -0.05) is 36.5 Å². The third kappa shape index (κ3) is 5.66. The van der Waals surface area contributed by atoms with Crippen LogP contribution in [0.25, 0.3) is 27.8 Å². The van der Waals surface area contributed by atoms with Gasteiger partial charge >= 0.3 is 6.03 Å². The molecule has 2 saturated heterocycles.